The average Bonchev–Trinajstić information content (AvgIpc) is 3.20. The highest BCUT2D eigenvalue weighted by molar-refractivity contribution is 5.14. The zero-order valence-electron chi connectivity index (χ0n) is 11.6. The lowest BCUT2D eigenvalue weighted by atomic mass is 10.2. The van der Waals surface area contributed by atoms with Crippen molar-refractivity contribution < 1.29 is 13.2 Å². The van der Waals surface area contributed by atoms with E-state index in [1.54, 1.807) is 6.20 Å². The molecule has 3 nitrogen and oxygen atoms in total. The first kappa shape index (κ1) is 15.3. The van der Waals surface area contributed by atoms with E-state index in [0.29, 0.717) is 5.69 Å². The van der Waals surface area contributed by atoms with Gasteiger partial charge in [-0.1, -0.05) is 13.0 Å². The van der Waals surface area contributed by atoms with Gasteiger partial charge in [0.25, 0.3) is 0 Å². The van der Waals surface area contributed by atoms with E-state index in [1.165, 1.54) is 4.90 Å². The maximum Gasteiger partial charge on any atom is 0.401 e. The highest BCUT2D eigenvalue weighted by atomic mass is 19.4. The largest absolute Gasteiger partial charge is 0.401 e. The molecule has 0 saturated heterocycles. The van der Waals surface area contributed by atoms with Crippen molar-refractivity contribution in [3.8, 4) is 0 Å². The molecular formula is C14H20F3N3. The molecule has 6 heteroatoms. The lowest BCUT2D eigenvalue weighted by Gasteiger charge is -2.22. The van der Waals surface area contributed by atoms with Crippen molar-refractivity contribution in [3.05, 3.63) is 29.6 Å². The van der Waals surface area contributed by atoms with Crippen LogP contribution in [0.25, 0.3) is 0 Å². The number of pyridine rings is 1. The normalized spacial score (nSPS) is 15.8. The first-order chi connectivity index (χ1) is 9.48. The first-order valence-electron chi connectivity index (χ1n) is 6.93. The van der Waals surface area contributed by atoms with Crippen LogP contribution >= 0.6 is 0 Å². The van der Waals surface area contributed by atoms with Gasteiger partial charge in [0.05, 0.1) is 12.2 Å². The molecule has 0 unspecified atom stereocenters. The molecule has 1 fully saturated rings. The second kappa shape index (κ2) is 6.54. The third kappa shape index (κ3) is 5.09. The molecule has 0 amide bonds. The van der Waals surface area contributed by atoms with Crippen molar-refractivity contribution in [1.29, 1.82) is 0 Å². The number of aromatic nitrogens is 1. The van der Waals surface area contributed by atoms with Gasteiger partial charge in [-0.05, 0) is 31.0 Å². The average molecular weight is 287 g/mol. The van der Waals surface area contributed by atoms with E-state index in [1.807, 2.05) is 19.1 Å². The molecule has 0 aromatic carbocycles. The topological polar surface area (TPSA) is 28.2 Å². The fourth-order valence-electron chi connectivity index (χ4n) is 2.11. The first-order valence-corrected chi connectivity index (χ1v) is 6.93. The zero-order valence-corrected chi connectivity index (χ0v) is 11.6. The Bertz CT molecular complexity index is 413. The maximum atomic E-state index is 12.5. The second-order valence-electron chi connectivity index (χ2n) is 5.19. The van der Waals surface area contributed by atoms with Crippen LogP contribution in [0.15, 0.2) is 18.3 Å². The van der Waals surface area contributed by atoms with E-state index in [2.05, 4.69) is 10.3 Å². The van der Waals surface area contributed by atoms with Gasteiger partial charge in [-0.2, -0.15) is 13.2 Å². The zero-order chi connectivity index (χ0) is 14.6. The SMILES string of the molecule is CCNCc1ccc(CN(CC(F)(F)F)C2CC2)nc1. The number of nitrogens with one attached hydrogen (secondary N) is 1. The molecule has 1 saturated carbocycles. The fraction of sp³-hybridized carbons (Fsp3) is 0.643. The van der Waals surface area contributed by atoms with Crippen molar-refractivity contribution in [2.75, 3.05) is 13.1 Å². The van der Waals surface area contributed by atoms with Crippen LogP contribution in [0.4, 0.5) is 13.2 Å². The molecule has 0 bridgehead atoms. The molecule has 0 atom stereocenters. The summed E-state index contributed by atoms with van der Waals surface area (Å²) < 4.78 is 37.6. The van der Waals surface area contributed by atoms with Crippen molar-refractivity contribution in [1.82, 2.24) is 15.2 Å². The van der Waals surface area contributed by atoms with Crippen molar-refractivity contribution in [3.63, 3.8) is 0 Å². The van der Waals surface area contributed by atoms with E-state index in [9.17, 15) is 13.2 Å². The van der Waals surface area contributed by atoms with Gasteiger partial charge >= 0.3 is 6.18 Å². The summed E-state index contributed by atoms with van der Waals surface area (Å²) in [6.45, 7) is 3.05. The highest BCUT2D eigenvalue weighted by Gasteiger charge is 2.38. The number of hydrogen-bond acceptors (Lipinski definition) is 3. The quantitative estimate of drug-likeness (QED) is 0.836. The smallest absolute Gasteiger partial charge is 0.313 e. The molecule has 20 heavy (non-hydrogen) atoms. The summed E-state index contributed by atoms with van der Waals surface area (Å²) in [5, 5.41) is 3.18. The minimum atomic E-state index is -4.15. The lowest BCUT2D eigenvalue weighted by molar-refractivity contribution is -0.148. The number of nitrogens with zero attached hydrogens (tertiary/aromatic N) is 2. The molecule has 2 rings (SSSR count). The molecular weight excluding hydrogens is 267 g/mol. The van der Waals surface area contributed by atoms with Crippen LogP contribution in [0.3, 0.4) is 0 Å². The Hall–Kier alpha value is -1.14. The minimum Gasteiger partial charge on any atom is -0.313 e. The van der Waals surface area contributed by atoms with E-state index >= 15 is 0 Å². The molecule has 112 valence electrons. The highest BCUT2D eigenvalue weighted by Crippen LogP contribution is 2.31. The third-order valence-electron chi connectivity index (χ3n) is 3.28. The van der Waals surface area contributed by atoms with Crippen molar-refractivity contribution >= 4 is 0 Å². The number of hydrogen-bond donors (Lipinski definition) is 1. The van der Waals surface area contributed by atoms with Crippen LogP contribution in [0.5, 0.6) is 0 Å². The Balaban J connectivity index is 1.93. The van der Waals surface area contributed by atoms with Crippen LogP contribution in [0, 0.1) is 0 Å². The number of alkyl halides is 3. The van der Waals surface area contributed by atoms with Gasteiger partial charge in [0.1, 0.15) is 0 Å². The van der Waals surface area contributed by atoms with E-state index in [-0.39, 0.29) is 12.6 Å². The van der Waals surface area contributed by atoms with E-state index in [0.717, 1.165) is 31.5 Å². The molecule has 0 aliphatic heterocycles. The molecule has 0 radical (unpaired) electrons. The summed E-state index contributed by atoms with van der Waals surface area (Å²) in [6.07, 6.45) is -0.701. The second-order valence-corrected chi connectivity index (χ2v) is 5.19. The van der Waals surface area contributed by atoms with Gasteiger partial charge in [-0.15, -0.1) is 0 Å². The van der Waals surface area contributed by atoms with Gasteiger partial charge in [0, 0.05) is 25.3 Å². The van der Waals surface area contributed by atoms with Crippen LogP contribution in [-0.2, 0) is 13.1 Å². The van der Waals surface area contributed by atoms with Gasteiger partial charge < -0.3 is 5.32 Å². The number of rotatable bonds is 7. The molecule has 1 aliphatic carbocycles. The Morgan fingerprint density at radius 2 is 2.10 bits per heavy atom. The Morgan fingerprint density at radius 3 is 2.60 bits per heavy atom. The van der Waals surface area contributed by atoms with Gasteiger partial charge in [-0.3, -0.25) is 9.88 Å². The molecule has 1 N–H and O–H groups in total. The predicted molar refractivity (Wildman–Crippen MR) is 71.1 cm³/mol. The molecule has 1 aliphatic rings. The summed E-state index contributed by atoms with van der Waals surface area (Å²) in [4.78, 5) is 5.74. The molecule has 1 aromatic heterocycles. The monoisotopic (exact) mass is 287 g/mol. The van der Waals surface area contributed by atoms with Gasteiger partial charge in [0.15, 0.2) is 0 Å². The van der Waals surface area contributed by atoms with E-state index < -0.39 is 12.7 Å². The maximum absolute atomic E-state index is 12.5. The van der Waals surface area contributed by atoms with Crippen LogP contribution in [0.2, 0.25) is 0 Å². The molecule has 1 aromatic rings. The summed E-state index contributed by atoms with van der Waals surface area (Å²) in [5.74, 6) is 0. The predicted octanol–water partition coefficient (Wildman–Crippen LogP) is 2.72. The third-order valence-corrected chi connectivity index (χ3v) is 3.28. The van der Waals surface area contributed by atoms with E-state index in [4.69, 9.17) is 0 Å². The summed E-state index contributed by atoms with van der Waals surface area (Å²) in [7, 11) is 0. The van der Waals surface area contributed by atoms with Gasteiger partial charge in [-0.25, -0.2) is 0 Å². The lowest BCUT2D eigenvalue weighted by Crippen LogP contribution is -2.35. The summed E-state index contributed by atoms with van der Waals surface area (Å²) in [5.41, 5.74) is 1.74. The minimum absolute atomic E-state index is 0.0693. The van der Waals surface area contributed by atoms with Crippen LogP contribution < -0.4 is 5.32 Å². The van der Waals surface area contributed by atoms with Crippen LogP contribution in [-0.4, -0.2) is 35.2 Å². The van der Waals surface area contributed by atoms with Crippen molar-refractivity contribution in [2.24, 2.45) is 0 Å². The standard InChI is InChI=1S/C14H20F3N3/c1-2-18-7-11-3-4-12(19-8-11)9-20(13-5-6-13)10-14(15,16)17/h3-4,8,13,18H,2,5-7,9-10H2,1H3. The summed E-state index contributed by atoms with van der Waals surface area (Å²) in [6, 6.07) is 3.81. The van der Waals surface area contributed by atoms with Crippen LogP contribution in [0.1, 0.15) is 31.0 Å². The summed E-state index contributed by atoms with van der Waals surface area (Å²) >= 11 is 0. The van der Waals surface area contributed by atoms with Crippen molar-refractivity contribution in [2.45, 2.75) is 45.1 Å². The Kier molecular flexibility index (Phi) is 4.99. The molecule has 0 spiro atoms. The number of halogens is 3. The van der Waals surface area contributed by atoms with Gasteiger partial charge in [0.2, 0.25) is 0 Å². The fourth-order valence-corrected chi connectivity index (χ4v) is 2.11. The Morgan fingerprint density at radius 1 is 1.35 bits per heavy atom. The Labute approximate surface area is 117 Å². The molecule has 1 heterocycles.